The average Bonchev–Trinajstić information content (AvgIpc) is 2.51. The summed E-state index contributed by atoms with van der Waals surface area (Å²) in [4.78, 5) is 24.1. The van der Waals surface area contributed by atoms with Gasteiger partial charge >= 0.3 is 0 Å². The smallest absolute Gasteiger partial charge is 0.269 e. The van der Waals surface area contributed by atoms with Gasteiger partial charge in [0, 0.05) is 10.5 Å². The molecule has 0 aliphatic heterocycles. The minimum absolute atomic E-state index is 0.137. The van der Waals surface area contributed by atoms with E-state index in [2.05, 4.69) is 10.9 Å². The van der Waals surface area contributed by atoms with Crippen molar-refractivity contribution < 1.29 is 14.7 Å². The molecule has 6 heteroatoms. The number of aromatic hydroxyl groups is 1. The molecule has 21 heavy (non-hydrogen) atoms. The van der Waals surface area contributed by atoms with Gasteiger partial charge in [-0.2, -0.15) is 0 Å². The van der Waals surface area contributed by atoms with Crippen LogP contribution in [0.5, 0.6) is 5.75 Å². The van der Waals surface area contributed by atoms with Crippen LogP contribution in [0.25, 0.3) is 0 Å². The summed E-state index contributed by atoms with van der Waals surface area (Å²) < 4.78 is 0. The van der Waals surface area contributed by atoms with Crippen LogP contribution in [0.1, 0.15) is 10.4 Å². The maximum Gasteiger partial charge on any atom is 0.269 e. The number of benzene rings is 2. The van der Waals surface area contributed by atoms with Gasteiger partial charge in [-0.1, -0.05) is 24.3 Å². The van der Waals surface area contributed by atoms with Gasteiger partial charge in [-0.3, -0.25) is 20.4 Å². The number of carbonyl (C=O) groups is 2. The first kappa shape index (κ1) is 14.9. The van der Waals surface area contributed by atoms with Gasteiger partial charge in [0.05, 0.1) is 5.75 Å². The lowest BCUT2D eigenvalue weighted by molar-refractivity contribution is -0.119. The van der Waals surface area contributed by atoms with E-state index in [1.165, 1.54) is 11.8 Å². The Morgan fingerprint density at radius 2 is 1.76 bits per heavy atom. The van der Waals surface area contributed by atoms with Gasteiger partial charge < -0.3 is 5.11 Å². The third-order valence-electron chi connectivity index (χ3n) is 2.54. The van der Waals surface area contributed by atoms with Crippen molar-refractivity contribution in [2.24, 2.45) is 0 Å². The van der Waals surface area contributed by atoms with Crippen LogP contribution in [0.3, 0.4) is 0 Å². The van der Waals surface area contributed by atoms with Crippen LogP contribution in [-0.2, 0) is 4.79 Å². The van der Waals surface area contributed by atoms with Crippen molar-refractivity contribution in [3.63, 3.8) is 0 Å². The first-order valence-electron chi connectivity index (χ1n) is 6.21. The molecule has 0 bridgehead atoms. The molecule has 0 heterocycles. The highest BCUT2D eigenvalue weighted by Crippen LogP contribution is 2.21. The normalized spacial score (nSPS) is 9.90. The maximum atomic E-state index is 11.7. The zero-order valence-electron chi connectivity index (χ0n) is 11.1. The summed E-state index contributed by atoms with van der Waals surface area (Å²) in [7, 11) is 0. The summed E-state index contributed by atoms with van der Waals surface area (Å²) >= 11 is 1.27. The second kappa shape index (κ2) is 7.35. The number of nitrogens with one attached hydrogen (secondary N) is 2. The predicted octanol–water partition coefficient (Wildman–Crippen LogP) is 1.95. The summed E-state index contributed by atoms with van der Waals surface area (Å²) in [6.07, 6.45) is 0. The topological polar surface area (TPSA) is 78.4 Å². The molecule has 0 aliphatic carbocycles. The first-order valence-corrected chi connectivity index (χ1v) is 7.20. The fraction of sp³-hybridized carbons (Fsp3) is 0.0667. The molecule has 2 aromatic rings. The molecule has 3 N–H and O–H groups in total. The van der Waals surface area contributed by atoms with Crippen LogP contribution in [0.4, 0.5) is 0 Å². The Hall–Kier alpha value is -2.47. The third-order valence-corrected chi connectivity index (χ3v) is 3.53. The number of hydrogen-bond acceptors (Lipinski definition) is 4. The van der Waals surface area contributed by atoms with Crippen LogP contribution in [0.2, 0.25) is 0 Å². The minimum atomic E-state index is -0.369. The lowest BCUT2D eigenvalue weighted by Gasteiger charge is -2.07. The van der Waals surface area contributed by atoms with E-state index in [-0.39, 0.29) is 23.3 Å². The van der Waals surface area contributed by atoms with Gasteiger partial charge in [0.2, 0.25) is 5.91 Å². The molecule has 0 atom stereocenters. The zero-order valence-corrected chi connectivity index (χ0v) is 11.9. The molecular weight excluding hydrogens is 288 g/mol. The van der Waals surface area contributed by atoms with E-state index in [0.717, 1.165) is 4.90 Å². The van der Waals surface area contributed by atoms with E-state index in [9.17, 15) is 14.7 Å². The molecule has 0 aromatic heterocycles. The van der Waals surface area contributed by atoms with Gasteiger partial charge in [0.25, 0.3) is 5.91 Å². The van der Waals surface area contributed by atoms with Crippen molar-refractivity contribution in [2.45, 2.75) is 4.90 Å². The van der Waals surface area contributed by atoms with Crippen LogP contribution in [0.15, 0.2) is 59.5 Å². The number of amides is 2. The van der Waals surface area contributed by atoms with E-state index in [1.807, 2.05) is 0 Å². The fourth-order valence-corrected chi connectivity index (χ4v) is 2.30. The molecule has 0 radical (unpaired) electrons. The molecule has 0 unspecified atom stereocenters. The summed E-state index contributed by atoms with van der Waals surface area (Å²) in [6, 6.07) is 15.2. The summed E-state index contributed by atoms with van der Waals surface area (Å²) in [5, 5.41) is 9.31. The summed E-state index contributed by atoms with van der Waals surface area (Å²) in [5.41, 5.74) is 5.16. The molecule has 0 saturated heterocycles. The lowest BCUT2D eigenvalue weighted by Crippen LogP contribution is -2.42. The minimum Gasteiger partial charge on any atom is -0.508 e. The number of rotatable bonds is 4. The van der Waals surface area contributed by atoms with Crippen LogP contribution < -0.4 is 10.9 Å². The molecular formula is C15H14N2O3S. The Morgan fingerprint density at radius 1 is 1.00 bits per heavy atom. The van der Waals surface area contributed by atoms with Crippen molar-refractivity contribution in [1.82, 2.24) is 10.9 Å². The van der Waals surface area contributed by atoms with Crippen molar-refractivity contribution in [3.8, 4) is 5.75 Å². The quantitative estimate of drug-likeness (QED) is 0.596. The Balaban J connectivity index is 1.76. The molecule has 108 valence electrons. The molecule has 0 fully saturated rings. The Morgan fingerprint density at radius 3 is 2.48 bits per heavy atom. The molecule has 0 saturated carbocycles. The Labute approximate surface area is 126 Å². The largest absolute Gasteiger partial charge is 0.508 e. The third kappa shape index (κ3) is 4.85. The zero-order chi connectivity index (χ0) is 15.1. The maximum absolute atomic E-state index is 11.7. The SMILES string of the molecule is O=C(CSc1cccc(O)c1)NNC(=O)c1ccccc1. The van der Waals surface area contributed by atoms with Crippen molar-refractivity contribution >= 4 is 23.6 Å². The predicted molar refractivity (Wildman–Crippen MR) is 80.9 cm³/mol. The van der Waals surface area contributed by atoms with Crippen molar-refractivity contribution in [3.05, 3.63) is 60.2 Å². The molecule has 5 nitrogen and oxygen atoms in total. The Bertz CT molecular complexity index is 632. The van der Waals surface area contributed by atoms with E-state index in [1.54, 1.807) is 54.6 Å². The standard InChI is InChI=1S/C15H14N2O3S/c18-12-7-4-8-13(9-12)21-10-14(19)16-17-15(20)11-5-2-1-3-6-11/h1-9,18H,10H2,(H,16,19)(H,17,20). The number of thioether (sulfide) groups is 1. The van der Waals surface area contributed by atoms with Crippen molar-refractivity contribution in [1.29, 1.82) is 0 Å². The Kier molecular flexibility index (Phi) is 5.22. The average molecular weight is 302 g/mol. The fourth-order valence-electron chi connectivity index (χ4n) is 1.55. The molecule has 0 spiro atoms. The number of carbonyl (C=O) groups excluding carboxylic acids is 2. The van der Waals surface area contributed by atoms with Crippen molar-refractivity contribution in [2.75, 3.05) is 5.75 Å². The van der Waals surface area contributed by atoms with Gasteiger partial charge in [-0.25, -0.2) is 0 Å². The van der Waals surface area contributed by atoms with E-state index in [4.69, 9.17) is 0 Å². The van der Waals surface area contributed by atoms with Crippen LogP contribution >= 0.6 is 11.8 Å². The highest BCUT2D eigenvalue weighted by atomic mass is 32.2. The number of phenols is 1. The highest BCUT2D eigenvalue weighted by Gasteiger charge is 2.07. The van der Waals surface area contributed by atoms with Crippen LogP contribution in [-0.4, -0.2) is 22.7 Å². The second-order valence-electron chi connectivity index (χ2n) is 4.15. The lowest BCUT2D eigenvalue weighted by atomic mass is 10.2. The van der Waals surface area contributed by atoms with Gasteiger partial charge in [-0.05, 0) is 30.3 Å². The van der Waals surface area contributed by atoms with E-state index >= 15 is 0 Å². The molecule has 2 rings (SSSR count). The number of hydrogen-bond donors (Lipinski definition) is 3. The molecule has 2 aromatic carbocycles. The summed E-state index contributed by atoms with van der Waals surface area (Å²) in [6.45, 7) is 0. The number of phenolic OH excluding ortho intramolecular Hbond substituents is 1. The molecule has 0 aliphatic rings. The van der Waals surface area contributed by atoms with Gasteiger partial charge in [-0.15, -0.1) is 11.8 Å². The van der Waals surface area contributed by atoms with E-state index < -0.39 is 0 Å². The summed E-state index contributed by atoms with van der Waals surface area (Å²) in [5.74, 6) is -0.407. The monoisotopic (exact) mass is 302 g/mol. The van der Waals surface area contributed by atoms with E-state index in [0.29, 0.717) is 5.56 Å². The second-order valence-corrected chi connectivity index (χ2v) is 5.20. The van der Waals surface area contributed by atoms with Gasteiger partial charge in [0.1, 0.15) is 5.75 Å². The highest BCUT2D eigenvalue weighted by molar-refractivity contribution is 8.00. The number of hydrazine groups is 1. The molecule has 2 amide bonds. The van der Waals surface area contributed by atoms with Crippen LogP contribution in [0, 0.1) is 0 Å². The van der Waals surface area contributed by atoms with Gasteiger partial charge in [0.15, 0.2) is 0 Å². The first-order chi connectivity index (χ1) is 10.1.